The minimum absolute atomic E-state index is 0.0926. The summed E-state index contributed by atoms with van der Waals surface area (Å²) in [6.07, 6.45) is 3.16. The first-order valence-corrected chi connectivity index (χ1v) is 4.47. The van der Waals surface area contributed by atoms with Crippen LogP contribution < -0.4 is 0 Å². The third-order valence-electron chi connectivity index (χ3n) is 3.05. The van der Waals surface area contributed by atoms with E-state index in [-0.39, 0.29) is 17.7 Å². The summed E-state index contributed by atoms with van der Waals surface area (Å²) < 4.78 is 0. The zero-order chi connectivity index (χ0) is 8.72. The number of fused-ring (bicyclic) bond motifs is 2. The Morgan fingerprint density at radius 2 is 2.17 bits per heavy atom. The summed E-state index contributed by atoms with van der Waals surface area (Å²) in [5.41, 5.74) is 0. The molecule has 0 radical (unpaired) electrons. The van der Waals surface area contributed by atoms with Gasteiger partial charge in [0.05, 0.1) is 6.04 Å². The smallest absolute Gasteiger partial charge is 0.223 e. The van der Waals surface area contributed by atoms with Gasteiger partial charge in [-0.1, -0.05) is 0 Å². The quantitative estimate of drug-likeness (QED) is 0.529. The molecule has 2 atom stereocenters. The van der Waals surface area contributed by atoms with Gasteiger partial charge < -0.3 is 4.90 Å². The maximum atomic E-state index is 11.4. The second-order valence-electron chi connectivity index (χ2n) is 3.83. The maximum Gasteiger partial charge on any atom is 0.223 e. The van der Waals surface area contributed by atoms with Gasteiger partial charge in [0, 0.05) is 19.9 Å². The Morgan fingerprint density at radius 1 is 1.42 bits per heavy atom. The molecule has 2 bridgehead atoms. The van der Waals surface area contributed by atoms with Gasteiger partial charge in [-0.15, -0.1) is 0 Å². The molecule has 2 unspecified atom stereocenters. The van der Waals surface area contributed by atoms with Gasteiger partial charge >= 0.3 is 0 Å². The van der Waals surface area contributed by atoms with E-state index in [9.17, 15) is 9.59 Å². The van der Waals surface area contributed by atoms with Crippen LogP contribution >= 0.6 is 0 Å². The van der Waals surface area contributed by atoms with Crippen LogP contribution in [-0.2, 0) is 9.59 Å². The molecule has 2 rings (SSSR count). The monoisotopic (exact) mass is 167 g/mol. The average Bonchev–Trinajstić information content (AvgIpc) is 2.06. The number of likely N-dealkylation sites (N-methyl/N-ethyl adjacent to an activating group) is 1. The third-order valence-corrected chi connectivity index (χ3v) is 3.05. The first kappa shape index (κ1) is 7.77. The Labute approximate surface area is 71.7 Å². The number of Topliss-reactive ketones (excluding diaryl/α,β-unsaturated/α-hetero) is 1. The number of carbonyl (C=O) groups excluding carboxylic acids is 2. The first-order valence-electron chi connectivity index (χ1n) is 4.47. The van der Waals surface area contributed by atoms with Crippen LogP contribution in [0.1, 0.15) is 25.7 Å². The number of piperidine rings is 1. The number of carbonyl (C=O) groups is 2. The van der Waals surface area contributed by atoms with Gasteiger partial charge in [-0.2, -0.15) is 0 Å². The van der Waals surface area contributed by atoms with E-state index in [1.807, 2.05) is 0 Å². The molecule has 1 saturated heterocycles. The van der Waals surface area contributed by atoms with Crippen LogP contribution in [0.15, 0.2) is 0 Å². The van der Waals surface area contributed by atoms with Crippen LogP contribution in [0.5, 0.6) is 0 Å². The Morgan fingerprint density at radius 3 is 2.92 bits per heavy atom. The van der Waals surface area contributed by atoms with Crippen molar-refractivity contribution in [2.24, 2.45) is 5.92 Å². The van der Waals surface area contributed by atoms with E-state index in [1.165, 1.54) is 0 Å². The predicted molar refractivity (Wildman–Crippen MR) is 43.5 cm³/mol. The van der Waals surface area contributed by atoms with E-state index in [2.05, 4.69) is 0 Å². The second kappa shape index (κ2) is 2.57. The number of likely N-dealkylation sites (tertiary alicyclic amines) is 1. The van der Waals surface area contributed by atoms with Gasteiger partial charge in [0.25, 0.3) is 0 Å². The van der Waals surface area contributed by atoms with Crippen molar-refractivity contribution in [2.75, 3.05) is 7.05 Å². The lowest BCUT2D eigenvalue weighted by Crippen LogP contribution is -2.50. The van der Waals surface area contributed by atoms with Crippen molar-refractivity contribution in [1.82, 2.24) is 4.90 Å². The number of nitrogens with zero attached hydrogens (tertiary/aromatic N) is 1. The van der Waals surface area contributed by atoms with Crippen molar-refractivity contribution < 1.29 is 9.59 Å². The molecule has 1 amide bonds. The normalized spacial score (nSPS) is 35.6. The molecule has 0 aromatic heterocycles. The largest absolute Gasteiger partial charge is 0.336 e. The van der Waals surface area contributed by atoms with Gasteiger partial charge in [0.2, 0.25) is 5.91 Å². The molecule has 0 N–H and O–H groups in total. The van der Waals surface area contributed by atoms with E-state index >= 15 is 0 Å². The molecular weight excluding hydrogens is 154 g/mol. The molecule has 2 aliphatic rings. The van der Waals surface area contributed by atoms with Crippen LogP contribution in [0.4, 0.5) is 0 Å². The third kappa shape index (κ3) is 1.04. The van der Waals surface area contributed by atoms with Gasteiger partial charge in [-0.05, 0) is 18.8 Å². The molecule has 1 aliphatic heterocycles. The highest BCUT2D eigenvalue weighted by Crippen LogP contribution is 2.32. The fourth-order valence-electron chi connectivity index (χ4n) is 2.20. The van der Waals surface area contributed by atoms with Gasteiger partial charge in [-0.3, -0.25) is 9.59 Å². The maximum absolute atomic E-state index is 11.4. The van der Waals surface area contributed by atoms with Crippen molar-refractivity contribution in [2.45, 2.75) is 31.7 Å². The van der Waals surface area contributed by atoms with Crippen LogP contribution in [-0.4, -0.2) is 29.7 Å². The van der Waals surface area contributed by atoms with Crippen molar-refractivity contribution in [1.29, 1.82) is 0 Å². The number of amides is 1. The summed E-state index contributed by atoms with van der Waals surface area (Å²) in [7, 11) is 1.74. The lowest BCUT2D eigenvalue weighted by atomic mass is 9.79. The van der Waals surface area contributed by atoms with Crippen LogP contribution in [0.2, 0.25) is 0 Å². The summed E-state index contributed by atoms with van der Waals surface area (Å²) in [5.74, 6) is 0.877. The molecular formula is C9H13NO2. The second-order valence-corrected chi connectivity index (χ2v) is 3.83. The molecule has 1 saturated carbocycles. The lowest BCUT2D eigenvalue weighted by Gasteiger charge is -2.39. The van der Waals surface area contributed by atoms with E-state index in [1.54, 1.807) is 11.9 Å². The Balaban J connectivity index is 2.21. The van der Waals surface area contributed by atoms with E-state index in [4.69, 9.17) is 0 Å². The standard InChI is InChI=1S/C9H13NO2/c1-10-7-4-6(5-9(10)12)2-3-8(7)11/h6-7H,2-5H2,1H3. The van der Waals surface area contributed by atoms with Crippen LogP contribution in [0.25, 0.3) is 0 Å². The Hall–Kier alpha value is -0.860. The molecule has 1 heterocycles. The van der Waals surface area contributed by atoms with E-state index in [0.717, 1.165) is 12.8 Å². The molecule has 66 valence electrons. The van der Waals surface area contributed by atoms with Crippen molar-refractivity contribution >= 4 is 11.7 Å². The molecule has 0 aromatic rings. The van der Waals surface area contributed by atoms with Crippen molar-refractivity contribution in [3.63, 3.8) is 0 Å². The molecule has 3 heteroatoms. The van der Waals surface area contributed by atoms with E-state index < -0.39 is 0 Å². The first-order chi connectivity index (χ1) is 5.68. The Bertz CT molecular complexity index is 235. The van der Waals surface area contributed by atoms with E-state index in [0.29, 0.717) is 18.8 Å². The fourth-order valence-corrected chi connectivity index (χ4v) is 2.20. The minimum Gasteiger partial charge on any atom is -0.336 e. The van der Waals surface area contributed by atoms with Crippen molar-refractivity contribution in [3.05, 3.63) is 0 Å². The van der Waals surface area contributed by atoms with Gasteiger partial charge in [-0.25, -0.2) is 0 Å². The summed E-state index contributed by atoms with van der Waals surface area (Å²) in [6.45, 7) is 0. The predicted octanol–water partition coefficient (Wildman–Crippen LogP) is 0.586. The van der Waals surface area contributed by atoms with Gasteiger partial charge in [0.1, 0.15) is 0 Å². The van der Waals surface area contributed by atoms with Crippen LogP contribution in [0, 0.1) is 5.92 Å². The van der Waals surface area contributed by atoms with Gasteiger partial charge in [0.15, 0.2) is 5.78 Å². The number of rotatable bonds is 0. The molecule has 12 heavy (non-hydrogen) atoms. The average molecular weight is 167 g/mol. The van der Waals surface area contributed by atoms with Crippen molar-refractivity contribution in [3.8, 4) is 0 Å². The topological polar surface area (TPSA) is 37.4 Å². The SMILES string of the molecule is CN1C(=O)CC2CCC(=O)C1C2. The summed E-state index contributed by atoms with van der Waals surface area (Å²) >= 11 is 0. The summed E-state index contributed by atoms with van der Waals surface area (Å²) in [6, 6.07) is -0.0926. The highest BCUT2D eigenvalue weighted by Gasteiger charge is 2.38. The zero-order valence-corrected chi connectivity index (χ0v) is 7.25. The number of hydrogen-bond donors (Lipinski definition) is 0. The molecule has 0 spiro atoms. The lowest BCUT2D eigenvalue weighted by molar-refractivity contribution is -0.146. The minimum atomic E-state index is -0.0926. The zero-order valence-electron chi connectivity index (χ0n) is 7.25. The highest BCUT2D eigenvalue weighted by molar-refractivity contribution is 5.91. The fraction of sp³-hybridized carbons (Fsp3) is 0.778. The summed E-state index contributed by atoms with van der Waals surface area (Å²) in [5, 5.41) is 0. The highest BCUT2D eigenvalue weighted by atomic mass is 16.2. The molecule has 3 nitrogen and oxygen atoms in total. The Kier molecular flexibility index (Phi) is 1.67. The number of hydrogen-bond acceptors (Lipinski definition) is 2. The molecule has 2 fully saturated rings. The molecule has 1 aliphatic carbocycles. The molecule has 0 aromatic carbocycles. The number of ketones is 1. The summed E-state index contributed by atoms with van der Waals surface area (Å²) in [4.78, 5) is 24.3. The van der Waals surface area contributed by atoms with Crippen LogP contribution in [0.3, 0.4) is 0 Å².